The largest absolute Gasteiger partial charge is 0.494 e. The minimum atomic E-state index is -3.80. The molecule has 0 radical (unpaired) electrons. The molecule has 0 unspecified atom stereocenters. The van der Waals surface area contributed by atoms with E-state index >= 15 is 0 Å². The molecule has 7 nitrogen and oxygen atoms in total. The highest BCUT2D eigenvalue weighted by molar-refractivity contribution is 7.90. The van der Waals surface area contributed by atoms with Crippen molar-refractivity contribution in [2.45, 2.75) is 25.2 Å². The predicted octanol–water partition coefficient (Wildman–Crippen LogP) is 3.28. The second kappa shape index (κ2) is 7.79. The molecule has 0 fully saturated rings. The van der Waals surface area contributed by atoms with Gasteiger partial charge in [0.25, 0.3) is 15.9 Å². The molecule has 0 aliphatic carbocycles. The van der Waals surface area contributed by atoms with Crippen molar-refractivity contribution in [1.82, 2.24) is 0 Å². The Labute approximate surface area is 158 Å². The monoisotopic (exact) mass is 387 g/mol. The van der Waals surface area contributed by atoms with Gasteiger partial charge in [-0.2, -0.15) is 8.42 Å². The molecular weight excluding hydrogens is 366 g/mol. The summed E-state index contributed by atoms with van der Waals surface area (Å²) in [6.45, 7) is 5.09. The molecule has 0 saturated heterocycles. The molecule has 0 spiro atoms. The van der Waals surface area contributed by atoms with E-state index in [4.69, 9.17) is 4.74 Å². The third kappa shape index (κ3) is 4.11. The number of hydrogen-bond donors (Lipinski definition) is 1. The van der Waals surface area contributed by atoms with Crippen LogP contribution < -0.4 is 15.0 Å². The summed E-state index contributed by atoms with van der Waals surface area (Å²) in [5.41, 5.74) is 1.37. The van der Waals surface area contributed by atoms with Gasteiger partial charge in [-0.3, -0.25) is 4.79 Å². The molecule has 8 heteroatoms. The molecule has 27 heavy (non-hydrogen) atoms. The maximum Gasteiger partial charge on any atom is 0.285 e. The van der Waals surface area contributed by atoms with Gasteiger partial charge in [0, 0.05) is 17.8 Å². The van der Waals surface area contributed by atoms with E-state index in [1.54, 1.807) is 41.3 Å². The van der Waals surface area contributed by atoms with Crippen LogP contribution in [-0.4, -0.2) is 33.8 Å². The Balaban J connectivity index is 1.84. The van der Waals surface area contributed by atoms with E-state index in [0.29, 0.717) is 30.3 Å². The van der Waals surface area contributed by atoms with Crippen LogP contribution in [0.2, 0.25) is 0 Å². The van der Waals surface area contributed by atoms with E-state index in [1.165, 1.54) is 12.4 Å². The normalized spacial score (nSPS) is 14.5. The molecule has 0 bridgehead atoms. The molecular formula is C19H21N3O4S. The van der Waals surface area contributed by atoms with Crippen LogP contribution in [0.1, 0.15) is 30.6 Å². The zero-order valence-corrected chi connectivity index (χ0v) is 16.0. The van der Waals surface area contributed by atoms with Crippen molar-refractivity contribution in [3.8, 4) is 5.75 Å². The Morgan fingerprint density at radius 3 is 2.56 bits per heavy atom. The fourth-order valence-electron chi connectivity index (χ4n) is 2.76. The quantitative estimate of drug-likeness (QED) is 0.822. The summed E-state index contributed by atoms with van der Waals surface area (Å²) in [5.74, 6) is 0.318. The number of nitrogens with one attached hydrogen (secondary N) is 1. The maximum absolute atomic E-state index is 12.5. The lowest BCUT2D eigenvalue weighted by Gasteiger charge is -2.25. The summed E-state index contributed by atoms with van der Waals surface area (Å²) in [6, 6.07) is 11.6. The Kier molecular flexibility index (Phi) is 5.46. The van der Waals surface area contributed by atoms with Crippen LogP contribution in [0.4, 0.5) is 11.4 Å². The van der Waals surface area contributed by atoms with Gasteiger partial charge in [0.05, 0.1) is 12.3 Å². The molecule has 0 atom stereocenters. The molecule has 1 N–H and O–H groups in total. The van der Waals surface area contributed by atoms with Crippen LogP contribution in [-0.2, 0) is 10.0 Å². The zero-order valence-electron chi connectivity index (χ0n) is 15.2. The van der Waals surface area contributed by atoms with E-state index in [9.17, 15) is 13.2 Å². The van der Waals surface area contributed by atoms with Crippen LogP contribution in [0.3, 0.4) is 0 Å². The van der Waals surface area contributed by atoms with Gasteiger partial charge in [0.15, 0.2) is 0 Å². The standard InChI is InChI=1S/C19H21N3O4S/c1-3-11-22-13-20-27(24,25)18-12-14(5-10-17(18)22)19(23)21-15-6-8-16(9-7-15)26-4-2/h5-10,12-13H,3-4,11H2,1-2H3,(H,21,23). The summed E-state index contributed by atoms with van der Waals surface area (Å²) in [4.78, 5) is 14.3. The van der Waals surface area contributed by atoms with E-state index in [1.807, 2.05) is 13.8 Å². The highest BCUT2D eigenvalue weighted by Gasteiger charge is 2.26. The van der Waals surface area contributed by atoms with Gasteiger partial charge in [-0.15, -0.1) is 4.40 Å². The lowest BCUT2D eigenvalue weighted by molar-refractivity contribution is 0.102. The van der Waals surface area contributed by atoms with Gasteiger partial charge in [-0.05, 0) is 55.8 Å². The first-order chi connectivity index (χ1) is 12.9. The highest BCUT2D eigenvalue weighted by atomic mass is 32.2. The van der Waals surface area contributed by atoms with Crippen LogP contribution in [0.25, 0.3) is 0 Å². The summed E-state index contributed by atoms with van der Waals surface area (Å²) < 4.78 is 33.6. The van der Waals surface area contributed by atoms with Gasteiger partial charge in [0.1, 0.15) is 17.0 Å². The maximum atomic E-state index is 12.5. The van der Waals surface area contributed by atoms with Crippen molar-refractivity contribution in [3.63, 3.8) is 0 Å². The second-order valence-electron chi connectivity index (χ2n) is 5.98. The summed E-state index contributed by atoms with van der Waals surface area (Å²) in [5, 5.41) is 2.76. The van der Waals surface area contributed by atoms with Crippen LogP contribution in [0.15, 0.2) is 51.8 Å². The molecule has 1 aliphatic heterocycles. The number of ether oxygens (including phenoxy) is 1. The lowest BCUT2D eigenvalue weighted by Crippen LogP contribution is -2.28. The van der Waals surface area contributed by atoms with Crippen molar-refractivity contribution in [2.75, 3.05) is 23.4 Å². The Morgan fingerprint density at radius 1 is 1.15 bits per heavy atom. The van der Waals surface area contributed by atoms with Crippen LogP contribution in [0.5, 0.6) is 5.75 Å². The summed E-state index contributed by atoms with van der Waals surface area (Å²) in [7, 11) is -3.80. The molecule has 2 aromatic carbocycles. The molecule has 2 aromatic rings. The molecule has 1 heterocycles. The first-order valence-corrected chi connectivity index (χ1v) is 10.1. The third-order valence-electron chi connectivity index (χ3n) is 4.02. The Morgan fingerprint density at radius 2 is 1.89 bits per heavy atom. The van der Waals surface area contributed by atoms with Gasteiger partial charge < -0.3 is 15.0 Å². The second-order valence-corrected chi connectivity index (χ2v) is 7.58. The van der Waals surface area contributed by atoms with Gasteiger partial charge in [-0.25, -0.2) is 0 Å². The average molecular weight is 387 g/mol. The number of sulfonamides is 1. The SMILES string of the molecule is CCCN1C=NS(=O)(=O)c2cc(C(=O)Nc3ccc(OCC)cc3)ccc21. The van der Waals surface area contributed by atoms with Crippen molar-refractivity contribution in [2.24, 2.45) is 4.40 Å². The molecule has 3 rings (SSSR count). The van der Waals surface area contributed by atoms with Gasteiger partial charge in [-0.1, -0.05) is 6.92 Å². The number of anilines is 2. The number of benzene rings is 2. The molecule has 1 aliphatic rings. The number of hydrogen-bond acceptors (Lipinski definition) is 5. The molecule has 1 amide bonds. The number of rotatable bonds is 6. The van der Waals surface area contributed by atoms with E-state index < -0.39 is 15.9 Å². The topological polar surface area (TPSA) is 88.1 Å². The zero-order chi connectivity index (χ0) is 19.4. The van der Waals surface area contributed by atoms with Crippen molar-refractivity contribution in [3.05, 3.63) is 48.0 Å². The third-order valence-corrected chi connectivity index (χ3v) is 5.28. The number of amides is 1. The average Bonchev–Trinajstić information content (AvgIpc) is 2.66. The first kappa shape index (κ1) is 18.9. The van der Waals surface area contributed by atoms with Crippen molar-refractivity contribution < 1.29 is 17.9 Å². The van der Waals surface area contributed by atoms with E-state index in [2.05, 4.69) is 9.71 Å². The summed E-state index contributed by atoms with van der Waals surface area (Å²) in [6.07, 6.45) is 2.16. The number of nitrogens with zero attached hydrogens (tertiary/aromatic N) is 2. The Hall–Kier alpha value is -2.87. The number of carbonyl (C=O) groups excluding carboxylic acids is 1. The Bertz CT molecular complexity index is 969. The highest BCUT2D eigenvalue weighted by Crippen LogP contribution is 2.31. The smallest absolute Gasteiger partial charge is 0.285 e. The van der Waals surface area contributed by atoms with E-state index in [-0.39, 0.29) is 10.5 Å². The molecule has 0 aromatic heterocycles. The fourth-order valence-corrected chi connectivity index (χ4v) is 3.84. The van der Waals surface area contributed by atoms with Gasteiger partial charge in [0.2, 0.25) is 0 Å². The van der Waals surface area contributed by atoms with Crippen molar-refractivity contribution >= 4 is 33.6 Å². The number of carbonyl (C=O) groups is 1. The number of fused-ring (bicyclic) bond motifs is 1. The molecule has 142 valence electrons. The minimum absolute atomic E-state index is 0.0396. The first-order valence-electron chi connectivity index (χ1n) is 8.70. The minimum Gasteiger partial charge on any atom is -0.494 e. The molecule has 0 saturated carbocycles. The van der Waals surface area contributed by atoms with Gasteiger partial charge >= 0.3 is 0 Å². The fraction of sp³-hybridized carbons (Fsp3) is 0.263. The van der Waals surface area contributed by atoms with Crippen LogP contribution >= 0.6 is 0 Å². The van der Waals surface area contributed by atoms with E-state index in [0.717, 1.165) is 6.42 Å². The summed E-state index contributed by atoms with van der Waals surface area (Å²) >= 11 is 0. The lowest BCUT2D eigenvalue weighted by atomic mass is 10.1. The van der Waals surface area contributed by atoms with Crippen LogP contribution in [0, 0.1) is 0 Å². The predicted molar refractivity (Wildman–Crippen MR) is 105 cm³/mol. The van der Waals surface area contributed by atoms with Crippen molar-refractivity contribution in [1.29, 1.82) is 0 Å².